The molecule has 4 nitrogen and oxygen atoms in total. The molecular formula is C15H20O4. The largest absolute Gasteiger partial charge is 0.478 e. The summed E-state index contributed by atoms with van der Waals surface area (Å²) in [5, 5.41) is 9.10. The number of carboxylic acid groups (broad SMARTS) is 1. The quantitative estimate of drug-likeness (QED) is 0.830. The van der Waals surface area contributed by atoms with Crippen LogP contribution in [0.1, 0.15) is 32.8 Å². The first kappa shape index (κ1) is 15.2. The highest BCUT2D eigenvalue weighted by Gasteiger charge is 2.25. The molecule has 104 valence electrons. The number of rotatable bonds is 5. The summed E-state index contributed by atoms with van der Waals surface area (Å²) in [6.07, 6.45) is -0.741. The highest BCUT2D eigenvalue weighted by atomic mass is 16.6. The summed E-state index contributed by atoms with van der Waals surface area (Å²) in [5.41, 5.74) is 0.617. The van der Waals surface area contributed by atoms with Gasteiger partial charge in [0.05, 0.1) is 6.42 Å². The van der Waals surface area contributed by atoms with Crippen molar-refractivity contribution >= 4 is 11.9 Å². The molecule has 0 saturated carbocycles. The van der Waals surface area contributed by atoms with E-state index in [1.807, 2.05) is 51.1 Å². The van der Waals surface area contributed by atoms with Crippen molar-refractivity contribution in [3.8, 4) is 0 Å². The van der Waals surface area contributed by atoms with Crippen molar-refractivity contribution in [1.29, 1.82) is 0 Å². The second-order valence-corrected chi connectivity index (χ2v) is 5.74. The summed E-state index contributed by atoms with van der Waals surface area (Å²) < 4.78 is 5.05. The average molecular weight is 264 g/mol. The average Bonchev–Trinajstić information content (AvgIpc) is 2.26. The Hall–Kier alpha value is -1.84. The number of esters is 1. The molecule has 0 aliphatic heterocycles. The third-order valence-electron chi connectivity index (χ3n) is 2.49. The number of carbonyl (C=O) groups is 2. The summed E-state index contributed by atoms with van der Waals surface area (Å²) in [6, 6.07) is 9.13. The Bertz CT molecular complexity index is 431. The van der Waals surface area contributed by atoms with E-state index in [1.54, 1.807) is 0 Å². The smallest absolute Gasteiger partial charge is 0.345 e. The Morgan fingerprint density at radius 2 is 1.79 bits per heavy atom. The summed E-state index contributed by atoms with van der Waals surface area (Å²) in [7, 11) is 0. The third kappa shape index (κ3) is 6.04. The Morgan fingerprint density at radius 1 is 1.21 bits per heavy atom. The number of hydrogen-bond acceptors (Lipinski definition) is 3. The molecule has 0 aliphatic carbocycles. The maximum Gasteiger partial charge on any atom is 0.345 e. The van der Waals surface area contributed by atoms with Gasteiger partial charge in [0.25, 0.3) is 0 Å². The highest BCUT2D eigenvalue weighted by molar-refractivity contribution is 5.78. The van der Waals surface area contributed by atoms with Gasteiger partial charge in [-0.2, -0.15) is 0 Å². The molecule has 19 heavy (non-hydrogen) atoms. The van der Waals surface area contributed by atoms with E-state index in [9.17, 15) is 9.59 Å². The predicted octanol–water partition coefficient (Wildman–Crippen LogP) is 2.66. The maximum atomic E-state index is 11.7. The molecule has 1 N–H and O–H groups in total. The molecule has 1 aromatic rings. The van der Waals surface area contributed by atoms with E-state index in [0.29, 0.717) is 0 Å². The van der Waals surface area contributed by atoms with Gasteiger partial charge in [0.1, 0.15) is 0 Å². The Morgan fingerprint density at radius 3 is 2.26 bits per heavy atom. The lowest BCUT2D eigenvalue weighted by molar-refractivity contribution is -0.165. The van der Waals surface area contributed by atoms with E-state index in [-0.39, 0.29) is 18.3 Å². The minimum absolute atomic E-state index is 0.187. The van der Waals surface area contributed by atoms with Gasteiger partial charge in [0, 0.05) is 6.42 Å². The molecule has 0 bridgehead atoms. The standard InChI is InChI=1S/C15H20O4/c1-15(2,3)10-13(16)19-12(14(17)18)9-11-7-5-4-6-8-11/h4-8,12H,9-10H2,1-3H3,(H,17,18)/t12-/m0/s1. The van der Waals surface area contributed by atoms with Crippen LogP contribution in [0.4, 0.5) is 0 Å². The zero-order valence-electron chi connectivity index (χ0n) is 11.6. The van der Waals surface area contributed by atoms with E-state index in [1.165, 1.54) is 0 Å². The number of aliphatic carboxylic acids is 1. The lowest BCUT2D eigenvalue weighted by Gasteiger charge is -2.19. The van der Waals surface area contributed by atoms with Gasteiger partial charge in [-0.3, -0.25) is 4.79 Å². The Kier molecular flexibility index (Phi) is 5.10. The molecule has 0 aliphatic rings. The summed E-state index contributed by atoms with van der Waals surface area (Å²) in [5.74, 6) is -1.60. The van der Waals surface area contributed by atoms with Crippen LogP contribution in [0, 0.1) is 5.41 Å². The van der Waals surface area contributed by atoms with Crippen LogP contribution in [0.15, 0.2) is 30.3 Å². The van der Waals surface area contributed by atoms with Gasteiger partial charge in [-0.25, -0.2) is 4.79 Å². The topological polar surface area (TPSA) is 63.6 Å². The molecule has 0 heterocycles. The van der Waals surface area contributed by atoms with Crippen LogP contribution < -0.4 is 0 Å². The first-order valence-corrected chi connectivity index (χ1v) is 6.24. The summed E-state index contributed by atoms with van der Waals surface area (Å²) in [6.45, 7) is 5.71. The SMILES string of the molecule is CC(C)(C)CC(=O)O[C@@H](Cc1ccccc1)C(=O)O. The molecular weight excluding hydrogens is 244 g/mol. The second-order valence-electron chi connectivity index (χ2n) is 5.74. The zero-order chi connectivity index (χ0) is 14.5. The van der Waals surface area contributed by atoms with Crippen LogP contribution in [0.25, 0.3) is 0 Å². The van der Waals surface area contributed by atoms with E-state index < -0.39 is 18.0 Å². The van der Waals surface area contributed by atoms with Crippen molar-refractivity contribution in [2.45, 2.75) is 39.7 Å². The van der Waals surface area contributed by atoms with Gasteiger partial charge >= 0.3 is 11.9 Å². The van der Waals surface area contributed by atoms with Crippen LogP contribution >= 0.6 is 0 Å². The lowest BCUT2D eigenvalue weighted by Crippen LogP contribution is -2.30. The van der Waals surface area contributed by atoms with Crippen molar-refractivity contribution in [3.63, 3.8) is 0 Å². The first-order chi connectivity index (χ1) is 8.78. The highest BCUT2D eigenvalue weighted by Crippen LogP contribution is 2.20. The van der Waals surface area contributed by atoms with Crippen molar-refractivity contribution in [2.24, 2.45) is 5.41 Å². The van der Waals surface area contributed by atoms with Gasteiger partial charge in [-0.15, -0.1) is 0 Å². The van der Waals surface area contributed by atoms with E-state index in [4.69, 9.17) is 9.84 Å². The fraction of sp³-hybridized carbons (Fsp3) is 0.467. The van der Waals surface area contributed by atoms with E-state index in [2.05, 4.69) is 0 Å². The first-order valence-electron chi connectivity index (χ1n) is 6.24. The fourth-order valence-corrected chi connectivity index (χ4v) is 1.64. The minimum Gasteiger partial charge on any atom is -0.478 e. The van der Waals surface area contributed by atoms with Crippen LogP contribution in [0.2, 0.25) is 0 Å². The molecule has 0 fully saturated rings. The number of benzene rings is 1. The molecule has 4 heteroatoms. The molecule has 0 unspecified atom stereocenters. The Balaban J connectivity index is 2.64. The molecule has 0 amide bonds. The van der Waals surface area contributed by atoms with Crippen LogP contribution in [0.5, 0.6) is 0 Å². The zero-order valence-corrected chi connectivity index (χ0v) is 11.6. The molecule has 1 aromatic carbocycles. The van der Waals surface area contributed by atoms with E-state index in [0.717, 1.165) is 5.56 Å². The van der Waals surface area contributed by atoms with Gasteiger partial charge in [0.15, 0.2) is 0 Å². The van der Waals surface area contributed by atoms with Gasteiger partial charge in [0.2, 0.25) is 6.10 Å². The van der Waals surface area contributed by atoms with Crippen molar-refractivity contribution < 1.29 is 19.4 Å². The lowest BCUT2D eigenvalue weighted by atomic mass is 9.92. The maximum absolute atomic E-state index is 11.7. The number of hydrogen-bond donors (Lipinski definition) is 1. The number of carbonyl (C=O) groups excluding carboxylic acids is 1. The minimum atomic E-state index is -1.13. The number of ether oxygens (including phenoxy) is 1. The summed E-state index contributed by atoms with van der Waals surface area (Å²) >= 11 is 0. The van der Waals surface area contributed by atoms with Crippen LogP contribution in [-0.4, -0.2) is 23.1 Å². The molecule has 0 spiro atoms. The van der Waals surface area contributed by atoms with Gasteiger partial charge in [-0.1, -0.05) is 51.1 Å². The second kappa shape index (κ2) is 6.36. The Labute approximate surface area is 113 Å². The van der Waals surface area contributed by atoms with Crippen molar-refractivity contribution in [2.75, 3.05) is 0 Å². The molecule has 0 radical (unpaired) electrons. The molecule has 1 rings (SSSR count). The molecule has 1 atom stereocenters. The predicted molar refractivity (Wildman–Crippen MR) is 71.7 cm³/mol. The van der Waals surface area contributed by atoms with Gasteiger partial charge < -0.3 is 9.84 Å². The number of carboxylic acids is 1. The van der Waals surface area contributed by atoms with Crippen molar-refractivity contribution in [1.82, 2.24) is 0 Å². The molecule has 0 saturated heterocycles. The van der Waals surface area contributed by atoms with Crippen molar-refractivity contribution in [3.05, 3.63) is 35.9 Å². The van der Waals surface area contributed by atoms with Crippen LogP contribution in [-0.2, 0) is 20.7 Å². The van der Waals surface area contributed by atoms with Crippen LogP contribution in [0.3, 0.4) is 0 Å². The van der Waals surface area contributed by atoms with Gasteiger partial charge in [-0.05, 0) is 11.0 Å². The third-order valence-corrected chi connectivity index (χ3v) is 2.49. The fourth-order valence-electron chi connectivity index (χ4n) is 1.64. The molecule has 0 aromatic heterocycles. The summed E-state index contributed by atoms with van der Waals surface area (Å²) in [4.78, 5) is 22.8. The monoisotopic (exact) mass is 264 g/mol. The van der Waals surface area contributed by atoms with E-state index >= 15 is 0 Å². The normalized spacial score (nSPS) is 12.8.